The first-order valence-electron chi connectivity index (χ1n) is 8.00. The fraction of sp³-hybridized carbons (Fsp3) is 0.0500. The largest absolute Gasteiger partial charge is 0.489 e. The minimum absolute atomic E-state index is 0.266. The van der Waals surface area contributed by atoms with Gasteiger partial charge in [-0.25, -0.2) is 4.39 Å². The lowest BCUT2D eigenvalue weighted by molar-refractivity contribution is 0.306. The number of aromatic nitrogens is 3. The van der Waals surface area contributed by atoms with Gasteiger partial charge in [0.2, 0.25) is 5.82 Å². The molecule has 0 fully saturated rings. The monoisotopic (exact) mass is 347 g/mol. The number of rotatable bonds is 5. The standard InChI is InChI=1S/C20H14FN3O2/c21-17-8-6-14(7-9-17)13-25-18-5-1-3-15(11-18)19-23-20(26-24-19)16-4-2-10-22-12-16/h1-12H,13H2. The number of nitrogens with zero attached hydrogens (tertiary/aromatic N) is 3. The zero-order valence-corrected chi connectivity index (χ0v) is 13.7. The summed E-state index contributed by atoms with van der Waals surface area (Å²) >= 11 is 0. The highest BCUT2D eigenvalue weighted by Gasteiger charge is 2.11. The summed E-state index contributed by atoms with van der Waals surface area (Å²) in [4.78, 5) is 8.45. The van der Waals surface area contributed by atoms with E-state index >= 15 is 0 Å². The van der Waals surface area contributed by atoms with E-state index in [1.54, 1.807) is 24.5 Å². The summed E-state index contributed by atoms with van der Waals surface area (Å²) in [5, 5.41) is 4.02. The van der Waals surface area contributed by atoms with Crippen molar-refractivity contribution >= 4 is 0 Å². The maximum absolute atomic E-state index is 12.9. The Bertz CT molecular complexity index is 1000. The highest BCUT2D eigenvalue weighted by molar-refractivity contribution is 5.60. The van der Waals surface area contributed by atoms with Crippen molar-refractivity contribution in [1.82, 2.24) is 15.1 Å². The van der Waals surface area contributed by atoms with Crippen molar-refractivity contribution in [1.29, 1.82) is 0 Å². The lowest BCUT2D eigenvalue weighted by Crippen LogP contribution is -1.95. The van der Waals surface area contributed by atoms with Gasteiger partial charge in [0, 0.05) is 18.0 Å². The van der Waals surface area contributed by atoms with Crippen molar-refractivity contribution in [3.8, 4) is 28.6 Å². The summed E-state index contributed by atoms with van der Waals surface area (Å²) in [7, 11) is 0. The molecule has 0 aliphatic rings. The molecule has 5 nitrogen and oxygen atoms in total. The first-order chi connectivity index (χ1) is 12.8. The second-order valence-corrected chi connectivity index (χ2v) is 5.61. The molecule has 26 heavy (non-hydrogen) atoms. The van der Waals surface area contributed by atoms with E-state index in [0.29, 0.717) is 24.1 Å². The Balaban J connectivity index is 1.51. The molecule has 0 amide bonds. The smallest absolute Gasteiger partial charge is 0.259 e. The molecule has 0 radical (unpaired) electrons. The minimum atomic E-state index is -0.266. The normalized spacial score (nSPS) is 10.7. The fourth-order valence-electron chi connectivity index (χ4n) is 2.42. The van der Waals surface area contributed by atoms with Crippen LogP contribution in [0.4, 0.5) is 4.39 Å². The van der Waals surface area contributed by atoms with Crippen molar-refractivity contribution in [2.75, 3.05) is 0 Å². The van der Waals surface area contributed by atoms with E-state index in [1.165, 1.54) is 12.1 Å². The van der Waals surface area contributed by atoms with Crippen LogP contribution in [0, 0.1) is 5.82 Å². The number of hydrogen-bond donors (Lipinski definition) is 0. The second-order valence-electron chi connectivity index (χ2n) is 5.61. The third kappa shape index (κ3) is 3.59. The van der Waals surface area contributed by atoms with E-state index < -0.39 is 0 Å². The van der Waals surface area contributed by atoms with E-state index in [9.17, 15) is 4.39 Å². The Morgan fingerprint density at radius 3 is 2.62 bits per heavy atom. The summed E-state index contributed by atoms with van der Waals surface area (Å²) in [5.74, 6) is 1.28. The van der Waals surface area contributed by atoms with E-state index in [0.717, 1.165) is 16.7 Å². The van der Waals surface area contributed by atoms with Gasteiger partial charge < -0.3 is 9.26 Å². The van der Waals surface area contributed by atoms with E-state index in [1.807, 2.05) is 36.4 Å². The predicted octanol–water partition coefficient (Wildman–Crippen LogP) is 4.52. The number of ether oxygens (including phenoxy) is 1. The van der Waals surface area contributed by atoms with Gasteiger partial charge in [0.25, 0.3) is 5.89 Å². The van der Waals surface area contributed by atoms with Crippen molar-refractivity contribution in [3.05, 3.63) is 84.4 Å². The van der Waals surface area contributed by atoms with Gasteiger partial charge in [-0.2, -0.15) is 4.98 Å². The first-order valence-corrected chi connectivity index (χ1v) is 8.00. The van der Waals surface area contributed by atoms with Crippen molar-refractivity contribution in [2.24, 2.45) is 0 Å². The molecular formula is C20H14FN3O2. The van der Waals surface area contributed by atoms with E-state index in [2.05, 4.69) is 15.1 Å². The molecule has 0 aliphatic heterocycles. The maximum Gasteiger partial charge on any atom is 0.259 e. The van der Waals surface area contributed by atoms with Gasteiger partial charge in [0.1, 0.15) is 18.2 Å². The van der Waals surface area contributed by atoms with Crippen molar-refractivity contribution < 1.29 is 13.7 Å². The van der Waals surface area contributed by atoms with Gasteiger partial charge in [0.15, 0.2) is 0 Å². The molecule has 0 aliphatic carbocycles. The summed E-state index contributed by atoms with van der Waals surface area (Å²) in [6, 6.07) is 17.3. The van der Waals surface area contributed by atoms with Crippen LogP contribution in [0.1, 0.15) is 5.56 Å². The zero-order valence-electron chi connectivity index (χ0n) is 13.7. The molecule has 0 bridgehead atoms. The third-order valence-electron chi connectivity index (χ3n) is 3.75. The quantitative estimate of drug-likeness (QED) is 0.531. The highest BCUT2D eigenvalue weighted by atomic mass is 19.1. The van der Waals surface area contributed by atoms with Gasteiger partial charge in [-0.1, -0.05) is 29.4 Å². The number of pyridine rings is 1. The van der Waals surface area contributed by atoms with Crippen LogP contribution in [0.15, 0.2) is 77.6 Å². The van der Waals surface area contributed by atoms with Crippen molar-refractivity contribution in [2.45, 2.75) is 6.61 Å². The zero-order chi connectivity index (χ0) is 17.8. The topological polar surface area (TPSA) is 61.0 Å². The predicted molar refractivity (Wildman–Crippen MR) is 93.7 cm³/mol. The molecule has 0 unspecified atom stereocenters. The highest BCUT2D eigenvalue weighted by Crippen LogP contribution is 2.25. The van der Waals surface area contributed by atoms with Gasteiger partial charge >= 0.3 is 0 Å². The van der Waals surface area contributed by atoms with Crippen LogP contribution in [0.2, 0.25) is 0 Å². The van der Waals surface area contributed by atoms with Crippen LogP contribution >= 0.6 is 0 Å². The molecule has 2 heterocycles. The van der Waals surface area contributed by atoms with Crippen molar-refractivity contribution in [3.63, 3.8) is 0 Å². The van der Waals surface area contributed by atoms with Crippen LogP contribution in [-0.4, -0.2) is 15.1 Å². The summed E-state index contributed by atoms with van der Waals surface area (Å²) in [6.45, 7) is 0.344. The van der Waals surface area contributed by atoms with Crippen LogP contribution in [-0.2, 0) is 6.61 Å². The molecule has 0 N–H and O–H groups in total. The SMILES string of the molecule is Fc1ccc(COc2cccc(-c3noc(-c4cccnc4)n3)c2)cc1. The molecule has 6 heteroatoms. The maximum atomic E-state index is 12.9. The van der Waals surface area contributed by atoms with Crippen LogP contribution < -0.4 is 4.74 Å². The molecule has 0 spiro atoms. The minimum Gasteiger partial charge on any atom is -0.489 e. The average molecular weight is 347 g/mol. The summed E-state index contributed by atoms with van der Waals surface area (Å²) in [6.07, 6.45) is 3.35. The molecule has 0 saturated heterocycles. The van der Waals surface area contributed by atoms with Gasteiger partial charge in [0.05, 0.1) is 5.56 Å². The number of hydrogen-bond acceptors (Lipinski definition) is 5. The Morgan fingerprint density at radius 1 is 0.962 bits per heavy atom. The molecule has 0 saturated carbocycles. The summed E-state index contributed by atoms with van der Waals surface area (Å²) < 4.78 is 24.0. The molecule has 128 valence electrons. The number of halogens is 1. The molecular weight excluding hydrogens is 333 g/mol. The molecule has 4 aromatic rings. The van der Waals surface area contributed by atoms with Crippen LogP contribution in [0.25, 0.3) is 22.8 Å². The third-order valence-corrected chi connectivity index (χ3v) is 3.75. The Morgan fingerprint density at radius 2 is 1.81 bits per heavy atom. The van der Waals surface area contributed by atoms with Gasteiger partial charge in [-0.3, -0.25) is 4.98 Å². The Labute approximate surface area is 149 Å². The first kappa shape index (κ1) is 16.0. The average Bonchev–Trinajstić information content (AvgIpc) is 3.19. The van der Waals surface area contributed by atoms with E-state index in [4.69, 9.17) is 9.26 Å². The molecule has 2 aromatic heterocycles. The van der Waals surface area contributed by atoms with Gasteiger partial charge in [-0.05, 0) is 42.0 Å². The molecule has 0 atom stereocenters. The molecule has 4 rings (SSSR count). The summed E-state index contributed by atoms with van der Waals surface area (Å²) in [5.41, 5.74) is 2.42. The lowest BCUT2D eigenvalue weighted by atomic mass is 10.2. The van der Waals surface area contributed by atoms with Crippen LogP contribution in [0.3, 0.4) is 0 Å². The lowest BCUT2D eigenvalue weighted by Gasteiger charge is -2.07. The van der Waals surface area contributed by atoms with E-state index in [-0.39, 0.29) is 5.82 Å². The van der Waals surface area contributed by atoms with Crippen LogP contribution in [0.5, 0.6) is 5.75 Å². The second kappa shape index (κ2) is 7.14. The molecule has 2 aromatic carbocycles. The Kier molecular flexibility index (Phi) is 4.38. The van der Waals surface area contributed by atoms with Gasteiger partial charge in [-0.15, -0.1) is 0 Å². The fourth-order valence-corrected chi connectivity index (χ4v) is 2.42. The Hall–Kier alpha value is -3.54. The number of benzene rings is 2.